The van der Waals surface area contributed by atoms with Crippen molar-refractivity contribution in [1.29, 1.82) is 0 Å². The van der Waals surface area contributed by atoms with Gasteiger partial charge in [-0.15, -0.1) is 0 Å². The van der Waals surface area contributed by atoms with Crippen LogP contribution in [0.4, 0.5) is 4.39 Å². The highest BCUT2D eigenvalue weighted by atomic mass is 19.1. The highest BCUT2D eigenvalue weighted by Gasteiger charge is 2.17. The molecule has 0 aliphatic rings. The minimum absolute atomic E-state index is 0.176. The van der Waals surface area contributed by atoms with Crippen LogP contribution in [0, 0.1) is 26.6 Å². The van der Waals surface area contributed by atoms with Gasteiger partial charge in [-0.3, -0.25) is 11.3 Å². The van der Waals surface area contributed by atoms with E-state index >= 15 is 0 Å². The van der Waals surface area contributed by atoms with Crippen LogP contribution in [0.2, 0.25) is 0 Å². The van der Waals surface area contributed by atoms with Crippen molar-refractivity contribution < 1.29 is 4.39 Å². The molecule has 1 unspecified atom stereocenters. The average Bonchev–Trinajstić information content (AvgIpc) is 2.43. The van der Waals surface area contributed by atoms with Crippen molar-refractivity contribution in [2.24, 2.45) is 5.84 Å². The van der Waals surface area contributed by atoms with E-state index in [4.69, 9.17) is 5.84 Å². The second-order valence-electron chi connectivity index (χ2n) is 5.66. The summed E-state index contributed by atoms with van der Waals surface area (Å²) in [5, 5.41) is 0. The molecule has 0 saturated heterocycles. The Kier molecular flexibility index (Phi) is 5.10. The monoisotopic (exact) mass is 286 g/mol. The predicted molar refractivity (Wildman–Crippen MR) is 85.4 cm³/mol. The molecule has 0 amide bonds. The Morgan fingerprint density at radius 3 is 2.43 bits per heavy atom. The molecule has 3 N–H and O–H groups in total. The summed E-state index contributed by atoms with van der Waals surface area (Å²) in [6.07, 6.45) is 1.64. The van der Waals surface area contributed by atoms with Crippen molar-refractivity contribution in [1.82, 2.24) is 5.43 Å². The first kappa shape index (κ1) is 15.7. The largest absolute Gasteiger partial charge is 0.271 e. The predicted octanol–water partition coefficient (Wildman–Crippen LogP) is 3.89. The van der Waals surface area contributed by atoms with Gasteiger partial charge in [0.1, 0.15) is 5.82 Å². The van der Waals surface area contributed by atoms with Crippen LogP contribution in [-0.4, -0.2) is 0 Å². The van der Waals surface area contributed by atoms with E-state index < -0.39 is 0 Å². The lowest BCUT2D eigenvalue weighted by atomic mass is 9.93. The molecule has 2 rings (SSSR count). The minimum Gasteiger partial charge on any atom is -0.271 e. The van der Waals surface area contributed by atoms with Crippen LogP contribution in [-0.2, 0) is 6.42 Å². The Morgan fingerprint density at radius 1 is 1.10 bits per heavy atom. The number of nitrogens with two attached hydrogens (primary N) is 1. The third-order valence-corrected chi connectivity index (χ3v) is 3.99. The maximum Gasteiger partial charge on any atom is 0.128 e. The van der Waals surface area contributed by atoms with E-state index in [1.165, 1.54) is 11.1 Å². The van der Waals surface area contributed by atoms with Crippen LogP contribution in [0.5, 0.6) is 0 Å². The fourth-order valence-electron chi connectivity index (χ4n) is 2.87. The Balaban J connectivity index is 2.20. The van der Waals surface area contributed by atoms with E-state index in [9.17, 15) is 4.39 Å². The van der Waals surface area contributed by atoms with E-state index in [1.54, 1.807) is 6.07 Å². The van der Waals surface area contributed by atoms with Gasteiger partial charge in [0.25, 0.3) is 0 Å². The zero-order valence-electron chi connectivity index (χ0n) is 12.9. The van der Waals surface area contributed by atoms with Crippen LogP contribution in [0.15, 0.2) is 36.4 Å². The van der Waals surface area contributed by atoms with E-state index in [0.29, 0.717) is 5.56 Å². The lowest BCUT2D eigenvalue weighted by molar-refractivity contribution is 0.482. The van der Waals surface area contributed by atoms with E-state index in [0.717, 1.165) is 24.0 Å². The van der Waals surface area contributed by atoms with Gasteiger partial charge in [-0.2, -0.15) is 0 Å². The number of hydrazine groups is 1. The molecule has 2 nitrogen and oxygen atoms in total. The van der Waals surface area contributed by atoms with Gasteiger partial charge in [0.15, 0.2) is 0 Å². The van der Waals surface area contributed by atoms with Crippen molar-refractivity contribution in [3.05, 3.63) is 70.0 Å². The third-order valence-electron chi connectivity index (χ3n) is 3.99. The zero-order chi connectivity index (χ0) is 15.4. The molecule has 0 spiro atoms. The number of nitrogens with one attached hydrogen (secondary N) is 1. The van der Waals surface area contributed by atoms with Crippen LogP contribution in [0.1, 0.15) is 40.3 Å². The molecular formula is C18H23FN2. The second-order valence-corrected chi connectivity index (χ2v) is 5.66. The van der Waals surface area contributed by atoms with Gasteiger partial charge >= 0.3 is 0 Å². The normalized spacial score (nSPS) is 12.4. The van der Waals surface area contributed by atoms with Crippen LogP contribution >= 0.6 is 0 Å². The van der Waals surface area contributed by atoms with Gasteiger partial charge in [-0.1, -0.05) is 30.3 Å². The minimum atomic E-state index is -0.180. The zero-order valence-corrected chi connectivity index (χ0v) is 12.9. The van der Waals surface area contributed by atoms with Gasteiger partial charge in [-0.25, -0.2) is 4.39 Å². The number of hydrogen-bond donors (Lipinski definition) is 2. The molecule has 0 aromatic heterocycles. The van der Waals surface area contributed by atoms with E-state index in [2.05, 4.69) is 24.5 Å². The third kappa shape index (κ3) is 3.69. The molecule has 0 radical (unpaired) electrons. The molecular weight excluding hydrogens is 263 g/mol. The Hall–Kier alpha value is -1.71. The summed E-state index contributed by atoms with van der Waals surface area (Å²) in [4.78, 5) is 0. The Labute approximate surface area is 126 Å². The fourth-order valence-corrected chi connectivity index (χ4v) is 2.87. The lowest BCUT2D eigenvalue weighted by Gasteiger charge is -2.20. The molecule has 3 heteroatoms. The maximum atomic E-state index is 14.3. The highest BCUT2D eigenvalue weighted by molar-refractivity contribution is 5.35. The van der Waals surface area contributed by atoms with Crippen molar-refractivity contribution in [2.45, 2.75) is 39.7 Å². The quantitative estimate of drug-likeness (QED) is 0.646. The molecule has 0 bridgehead atoms. The first-order valence-electron chi connectivity index (χ1n) is 7.30. The van der Waals surface area contributed by atoms with Crippen molar-refractivity contribution in [2.75, 3.05) is 0 Å². The molecule has 0 aliphatic heterocycles. The number of hydrogen-bond acceptors (Lipinski definition) is 2. The summed E-state index contributed by atoms with van der Waals surface area (Å²) in [5.41, 5.74) is 7.86. The van der Waals surface area contributed by atoms with Crippen LogP contribution in [0.3, 0.4) is 0 Å². The van der Waals surface area contributed by atoms with E-state index in [1.807, 2.05) is 32.0 Å². The highest BCUT2D eigenvalue weighted by Crippen LogP contribution is 2.26. The summed E-state index contributed by atoms with van der Waals surface area (Å²) in [5.74, 6) is 5.49. The maximum absolute atomic E-state index is 14.3. The van der Waals surface area contributed by atoms with Crippen molar-refractivity contribution in [3.63, 3.8) is 0 Å². The standard InChI is InChI=1S/C18H23FN2/c1-12-10-14(3)18(16(19)11-12)17(21-20)9-8-15-7-5-4-6-13(15)2/h4-7,10-11,17,21H,8-9,20H2,1-3H3. The number of aryl methyl sites for hydroxylation is 4. The van der Waals surface area contributed by atoms with Gasteiger partial charge in [-0.05, 0) is 61.9 Å². The topological polar surface area (TPSA) is 38.0 Å². The first-order valence-corrected chi connectivity index (χ1v) is 7.30. The van der Waals surface area contributed by atoms with Gasteiger partial charge in [0.2, 0.25) is 0 Å². The molecule has 112 valence electrons. The van der Waals surface area contributed by atoms with Crippen LogP contribution < -0.4 is 11.3 Å². The number of rotatable bonds is 5. The van der Waals surface area contributed by atoms with Gasteiger partial charge < -0.3 is 0 Å². The van der Waals surface area contributed by atoms with Crippen molar-refractivity contribution >= 4 is 0 Å². The summed E-state index contributed by atoms with van der Waals surface area (Å²) in [6, 6.07) is 11.7. The smallest absolute Gasteiger partial charge is 0.128 e. The fraction of sp³-hybridized carbons (Fsp3) is 0.333. The summed E-state index contributed by atoms with van der Waals surface area (Å²) >= 11 is 0. The summed E-state index contributed by atoms with van der Waals surface area (Å²) in [6.45, 7) is 5.93. The Morgan fingerprint density at radius 2 is 1.81 bits per heavy atom. The van der Waals surface area contributed by atoms with Crippen LogP contribution in [0.25, 0.3) is 0 Å². The molecule has 2 aromatic carbocycles. The number of benzene rings is 2. The molecule has 1 atom stereocenters. The molecule has 0 saturated carbocycles. The summed E-state index contributed by atoms with van der Waals surface area (Å²) < 4.78 is 14.3. The lowest BCUT2D eigenvalue weighted by Crippen LogP contribution is -2.30. The molecule has 0 fully saturated rings. The first-order chi connectivity index (χ1) is 10.0. The summed E-state index contributed by atoms with van der Waals surface area (Å²) in [7, 11) is 0. The molecule has 21 heavy (non-hydrogen) atoms. The molecule has 0 heterocycles. The van der Waals surface area contributed by atoms with Gasteiger partial charge in [0.05, 0.1) is 0 Å². The second kappa shape index (κ2) is 6.83. The number of halogens is 1. The molecule has 2 aromatic rings. The Bertz CT molecular complexity index is 599. The SMILES string of the molecule is Cc1cc(C)c(C(CCc2ccccc2C)NN)c(F)c1. The van der Waals surface area contributed by atoms with E-state index in [-0.39, 0.29) is 11.9 Å². The van der Waals surface area contributed by atoms with Gasteiger partial charge in [0, 0.05) is 11.6 Å². The van der Waals surface area contributed by atoms with Crippen molar-refractivity contribution in [3.8, 4) is 0 Å². The molecule has 0 aliphatic carbocycles. The average molecular weight is 286 g/mol.